The lowest BCUT2D eigenvalue weighted by atomic mass is 10.0. The molecule has 7 heteroatoms. The molecule has 3 heterocycles. The Morgan fingerprint density at radius 3 is 2.87 bits per heavy atom. The highest BCUT2D eigenvalue weighted by atomic mass is 32.2. The zero-order valence-electron chi connectivity index (χ0n) is 16.6. The van der Waals surface area contributed by atoms with Gasteiger partial charge in [-0.3, -0.25) is 4.79 Å². The first-order chi connectivity index (χ1) is 15.2. The predicted octanol–water partition coefficient (Wildman–Crippen LogP) is 4.73. The smallest absolute Gasteiger partial charge is 0.258 e. The van der Waals surface area contributed by atoms with Gasteiger partial charge in [-0.2, -0.15) is 0 Å². The van der Waals surface area contributed by atoms with Crippen molar-refractivity contribution in [1.29, 1.82) is 0 Å². The molecule has 2 atom stereocenters. The molecule has 154 valence electrons. The summed E-state index contributed by atoms with van der Waals surface area (Å²) in [6, 6.07) is 20.7. The molecule has 2 aliphatic heterocycles. The molecule has 0 spiro atoms. The highest BCUT2D eigenvalue weighted by Crippen LogP contribution is 2.41. The molecule has 3 aromatic carbocycles. The molecule has 1 aromatic heterocycles. The van der Waals surface area contributed by atoms with Crippen molar-refractivity contribution in [1.82, 2.24) is 9.97 Å². The summed E-state index contributed by atoms with van der Waals surface area (Å²) in [5.74, 6) is 1.82. The number of fused-ring (bicyclic) bond motifs is 3. The number of hydrogen-bond donors (Lipinski definition) is 3. The van der Waals surface area contributed by atoms with Gasteiger partial charge >= 0.3 is 0 Å². The van der Waals surface area contributed by atoms with Crippen LogP contribution >= 0.6 is 11.8 Å². The second kappa shape index (κ2) is 7.35. The molecule has 0 radical (unpaired) electrons. The Morgan fingerprint density at radius 1 is 1.00 bits per heavy atom. The van der Waals surface area contributed by atoms with Crippen LogP contribution < -0.4 is 20.9 Å². The monoisotopic (exact) mass is 428 g/mol. The zero-order chi connectivity index (χ0) is 20.8. The minimum absolute atomic E-state index is 0.130. The van der Waals surface area contributed by atoms with Crippen LogP contribution in [-0.4, -0.2) is 22.3 Å². The fourth-order valence-electron chi connectivity index (χ4n) is 4.17. The number of aromatic nitrogens is 2. The van der Waals surface area contributed by atoms with Gasteiger partial charge in [-0.25, -0.2) is 4.98 Å². The maximum Gasteiger partial charge on any atom is 0.258 e. The maximum atomic E-state index is 11.9. The number of para-hydroxylation sites is 1. The number of benzene rings is 3. The SMILES string of the molecule is O=c1[nH]cnc2cc(C3CNc4cc(C5CSc6ccccc6N5)ccc4O3)ccc12. The predicted molar refractivity (Wildman–Crippen MR) is 124 cm³/mol. The first-order valence-corrected chi connectivity index (χ1v) is 11.2. The minimum Gasteiger partial charge on any atom is -0.482 e. The van der Waals surface area contributed by atoms with Gasteiger partial charge in [0.25, 0.3) is 5.56 Å². The molecule has 0 saturated carbocycles. The van der Waals surface area contributed by atoms with Crippen LogP contribution in [0.4, 0.5) is 11.4 Å². The third kappa shape index (κ3) is 3.31. The fraction of sp³-hybridized carbons (Fsp3) is 0.167. The molecule has 0 amide bonds. The fourth-order valence-corrected chi connectivity index (χ4v) is 5.25. The Bertz CT molecular complexity index is 1350. The van der Waals surface area contributed by atoms with Crippen molar-refractivity contribution in [3.63, 3.8) is 0 Å². The highest BCUT2D eigenvalue weighted by molar-refractivity contribution is 7.99. The molecule has 6 rings (SSSR count). The van der Waals surface area contributed by atoms with E-state index >= 15 is 0 Å². The standard InChI is InChI=1S/C24H20N4O2S/c29-24-16-7-5-15(10-18(16)26-13-27-24)22-11-25-19-9-14(6-8-21(19)30-22)20-12-31-23-4-2-1-3-17(23)28-20/h1-10,13,20,22,25,28H,11-12H2,(H,26,27,29). The van der Waals surface area contributed by atoms with E-state index in [0.29, 0.717) is 17.4 Å². The van der Waals surface area contributed by atoms with Gasteiger partial charge in [-0.1, -0.05) is 24.3 Å². The van der Waals surface area contributed by atoms with Crippen molar-refractivity contribution in [2.24, 2.45) is 0 Å². The largest absolute Gasteiger partial charge is 0.482 e. The summed E-state index contributed by atoms with van der Waals surface area (Å²) in [5.41, 5.74) is 4.98. The molecular weight excluding hydrogens is 408 g/mol. The van der Waals surface area contributed by atoms with Gasteiger partial charge in [0.1, 0.15) is 11.9 Å². The first kappa shape index (κ1) is 18.3. The average Bonchev–Trinajstić information content (AvgIpc) is 2.83. The van der Waals surface area contributed by atoms with Crippen molar-refractivity contribution in [2.45, 2.75) is 17.0 Å². The van der Waals surface area contributed by atoms with Crippen LogP contribution in [0, 0.1) is 0 Å². The van der Waals surface area contributed by atoms with Crippen LogP contribution in [0.25, 0.3) is 10.9 Å². The molecular formula is C24H20N4O2S. The lowest BCUT2D eigenvalue weighted by molar-refractivity contribution is 0.210. The summed E-state index contributed by atoms with van der Waals surface area (Å²) < 4.78 is 6.29. The number of hydrogen-bond acceptors (Lipinski definition) is 6. The Morgan fingerprint density at radius 2 is 1.90 bits per heavy atom. The van der Waals surface area contributed by atoms with Crippen LogP contribution in [0.2, 0.25) is 0 Å². The number of H-pyrrole nitrogens is 1. The van der Waals surface area contributed by atoms with E-state index in [-0.39, 0.29) is 17.7 Å². The van der Waals surface area contributed by atoms with Crippen LogP contribution in [0.1, 0.15) is 23.3 Å². The summed E-state index contributed by atoms with van der Waals surface area (Å²) in [6.07, 6.45) is 1.29. The Kier molecular flexibility index (Phi) is 4.35. The number of nitrogens with zero attached hydrogens (tertiary/aromatic N) is 1. The number of anilines is 2. The van der Waals surface area contributed by atoms with Crippen LogP contribution in [0.3, 0.4) is 0 Å². The van der Waals surface area contributed by atoms with Gasteiger partial charge in [0, 0.05) is 16.3 Å². The molecule has 31 heavy (non-hydrogen) atoms. The van der Waals surface area contributed by atoms with E-state index in [2.05, 4.69) is 57.0 Å². The summed E-state index contributed by atoms with van der Waals surface area (Å²) in [4.78, 5) is 20.1. The van der Waals surface area contributed by atoms with Crippen molar-refractivity contribution in [3.05, 3.63) is 88.5 Å². The topological polar surface area (TPSA) is 79.0 Å². The van der Waals surface area contributed by atoms with Crippen LogP contribution in [0.15, 0.2) is 76.7 Å². The second-order valence-electron chi connectivity index (χ2n) is 7.76. The second-order valence-corrected chi connectivity index (χ2v) is 8.82. The van der Waals surface area contributed by atoms with E-state index in [9.17, 15) is 4.79 Å². The minimum atomic E-state index is -0.140. The highest BCUT2D eigenvalue weighted by Gasteiger charge is 2.24. The van der Waals surface area contributed by atoms with Crippen LogP contribution in [0.5, 0.6) is 5.75 Å². The van der Waals surface area contributed by atoms with Gasteiger partial charge in [0.05, 0.1) is 35.5 Å². The van der Waals surface area contributed by atoms with Gasteiger partial charge in [0.15, 0.2) is 0 Å². The molecule has 0 aliphatic carbocycles. The third-order valence-corrected chi connectivity index (χ3v) is 6.98. The van der Waals surface area contributed by atoms with E-state index in [1.54, 1.807) is 0 Å². The van der Waals surface area contributed by atoms with Crippen LogP contribution in [-0.2, 0) is 0 Å². The molecule has 2 unspecified atom stereocenters. The van der Waals surface area contributed by atoms with E-state index in [4.69, 9.17) is 4.74 Å². The summed E-state index contributed by atoms with van der Waals surface area (Å²) in [7, 11) is 0. The van der Waals surface area contributed by atoms with E-state index in [0.717, 1.165) is 22.8 Å². The lowest BCUT2D eigenvalue weighted by Gasteiger charge is -2.30. The third-order valence-electron chi connectivity index (χ3n) is 5.81. The number of nitrogens with one attached hydrogen (secondary N) is 3. The molecule has 3 N–H and O–H groups in total. The van der Waals surface area contributed by atoms with Crippen molar-refractivity contribution in [2.75, 3.05) is 22.9 Å². The number of thioether (sulfide) groups is 1. The van der Waals surface area contributed by atoms with E-state index in [1.807, 2.05) is 36.0 Å². The molecule has 0 saturated heterocycles. The van der Waals surface area contributed by atoms with Gasteiger partial charge < -0.3 is 20.4 Å². The van der Waals surface area contributed by atoms with Crippen molar-refractivity contribution >= 4 is 34.0 Å². The molecule has 6 nitrogen and oxygen atoms in total. The number of ether oxygens (including phenoxy) is 1. The summed E-state index contributed by atoms with van der Waals surface area (Å²) in [5, 5.41) is 7.76. The maximum absolute atomic E-state index is 11.9. The Balaban J connectivity index is 1.24. The normalized spacial score (nSPS) is 19.5. The van der Waals surface area contributed by atoms with E-state index < -0.39 is 0 Å². The van der Waals surface area contributed by atoms with Gasteiger partial charge in [-0.05, 0) is 47.5 Å². The van der Waals surface area contributed by atoms with Crippen molar-refractivity contribution < 1.29 is 4.74 Å². The van der Waals surface area contributed by atoms with Gasteiger partial charge in [-0.15, -0.1) is 11.8 Å². The average molecular weight is 429 g/mol. The molecule has 2 aliphatic rings. The number of aromatic amines is 1. The number of rotatable bonds is 2. The molecule has 0 fully saturated rings. The van der Waals surface area contributed by atoms with E-state index in [1.165, 1.54) is 22.5 Å². The van der Waals surface area contributed by atoms with Gasteiger partial charge in [0.2, 0.25) is 0 Å². The molecule has 0 bridgehead atoms. The lowest BCUT2D eigenvalue weighted by Crippen LogP contribution is -2.24. The molecule has 4 aromatic rings. The Hall–Kier alpha value is -3.45. The Labute approximate surface area is 183 Å². The van der Waals surface area contributed by atoms with Crippen molar-refractivity contribution in [3.8, 4) is 5.75 Å². The summed E-state index contributed by atoms with van der Waals surface area (Å²) >= 11 is 1.88. The zero-order valence-corrected chi connectivity index (χ0v) is 17.4. The quantitative estimate of drug-likeness (QED) is 0.429. The summed E-state index contributed by atoms with van der Waals surface area (Å²) in [6.45, 7) is 0.654. The first-order valence-electron chi connectivity index (χ1n) is 10.2.